The largest absolute Gasteiger partial charge is 0.372 e. The molecule has 1 fully saturated rings. The zero-order chi connectivity index (χ0) is 12.5. The van der Waals surface area contributed by atoms with Crippen molar-refractivity contribution in [1.82, 2.24) is 0 Å². The standard InChI is InChI=1S/C13H15ClN2O/c1-13(2)9-16(5-6-17-13)11-4-3-10(8-15)12(14)7-11/h3-4,7H,5-6,9H2,1-2H3. The van der Waals surface area contributed by atoms with Crippen molar-refractivity contribution in [1.29, 1.82) is 5.26 Å². The minimum Gasteiger partial charge on any atom is -0.372 e. The number of nitriles is 1. The number of morpholine rings is 1. The van der Waals surface area contributed by atoms with E-state index in [2.05, 4.69) is 24.8 Å². The van der Waals surface area contributed by atoms with E-state index in [1.807, 2.05) is 12.1 Å². The topological polar surface area (TPSA) is 36.3 Å². The lowest BCUT2D eigenvalue weighted by Crippen LogP contribution is -2.48. The highest BCUT2D eigenvalue weighted by molar-refractivity contribution is 6.32. The van der Waals surface area contributed by atoms with Crippen LogP contribution >= 0.6 is 11.6 Å². The molecule has 0 atom stereocenters. The summed E-state index contributed by atoms with van der Waals surface area (Å²) in [5.74, 6) is 0. The summed E-state index contributed by atoms with van der Waals surface area (Å²) in [5, 5.41) is 9.34. The number of halogens is 1. The molecule has 2 rings (SSSR count). The Kier molecular flexibility index (Phi) is 3.28. The van der Waals surface area contributed by atoms with E-state index >= 15 is 0 Å². The second-order valence-electron chi connectivity index (χ2n) is 4.81. The Labute approximate surface area is 107 Å². The van der Waals surface area contributed by atoms with E-state index in [0.717, 1.165) is 18.8 Å². The van der Waals surface area contributed by atoms with Crippen molar-refractivity contribution < 1.29 is 4.74 Å². The predicted molar refractivity (Wildman–Crippen MR) is 68.4 cm³/mol. The van der Waals surface area contributed by atoms with Crippen LogP contribution in [0.3, 0.4) is 0 Å². The van der Waals surface area contributed by atoms with Gasteiger partial charge in [-0.3, -0.25) is 0 Å². The number of anilines is 1. The number of ether oxygens (including phenoxy) is 1. The van der Waals surface area contributed by atoms with Gasteiger partial charge in [0.2, 0.25) is 0 Å². The van der Waals surface area contributed by atoms with Crippen molar-refractivity contribution in [2.45, 2.75) is 19.4 Å². The van der Waals surface area contributed by atoms with E-state index in [-0.39, 0.29) is 5.60 Å². The summed E-state index contributed by atoms with van der Waals surface area (Å²) in [6.45, 7) is 6.54. The monoisotopic (exact) mass is 250 g/mol. The fourth-order valence-electron chi connectivity index (χ4n) is 2.03. The molecule has 0 N–H and O–H groups in total. The first-order chi connectivity index (χ1) is 8.02. The zero-order valence-corrected chi connectivity index (χ0v) is 10.8. The first kappa shape index (κ1) is 12.2. The molecule has 0 bridgehead atoms. The van der Waals surface area contributed by atoms with Gasteiger partial charge in [-0.1, -0.05) is 11.6 Å². The van der Waals surface area contributed by atoms with E-state index in [4.69, 9.17) is 21.6 Å². The summed E-state index contributed by atoms with van der Waals surface area (Å²) in [6, 6.07) is 7.62. The van der Waals surface area contributed by atoms with Gasteiger partial charge >= 0.3 is 0 Å². The molecule has 0 spiro atoms. The first-order valence-electron chi connectivity index (χ1n) is 5.60. The Hall–Kier alpha value is -1.24. The van der Waals surface area contributed by atoms with Crippen molar-refractivity contribution >= 4 is 17.3 Å². The fourth-order valence-corrected chi connectivity index (χ4v) is 2.25. The third-order valence-electron chi connectivity index (χ3n) is 2.86. The van der Waals surface area contributed by atoms with Crippen LogP contribution in [0.25, 0.3) is 0 Å². The fraction of sp³-hybridized carbons (Fsp3) is 0.462. The van der Waals surface area contributed by atoms with Gasteiger partial charge in [0.05, 0.1) is 22.8 Å². The van der Waals surface area contributed by atoms with Gasteiger partial charge in [-0.2, -0.15) is 5.26 Å². The number of benzene rings is 1. The molecule has 3 nitrogen and oxygen atoms in total. The zero-order valence-electron chi connectivity index (χ0n) is 10.0. The molecule has 1 aliphatic heterocycles. The summed E-state index contributed by atoms with van der Waals surface area (Å²) in [6.07, 6.45) is 0. The predicted octanol–water partition coefficient (Wildman–Crippen LogP) is 2.83. The smallest absolute Gasteiger partial charge is 0.101 e. The van der Waals surface area contributed by atoms with E-state index in [0.29, 0.717) is 17.2 Å². The van der Waals surface area contributed by atoms with E-state index in [1.54, 1.807) is 6.07 Å². The Morgan fingerprint density at radius 1 is 1.47 bits per heavy atom. The molecule has 0 aliphatic carbocycles. The Bertz CT molecular complexity index is 465. The van der Waals surface area contributed by atoms with Gasteiger partial charge in [0.25, 0.3) is 0 Å². The molecule has 1 aromatic carbocycles. The lowest BCUT2D eigenvalue weighted by Gasteiger charge is -2.39. The molecule has 17 heavy (non-hydrogen) atoms. The second-order valence-corrected chi connectivity index (χ2v) is 5.21. The molecule has 0 unspecified atom stereocenters. The van der Waals surface area contributed by atoms with Crippen molar-refractivity contribution in [3.63, 3.8) is 0 Å². The number of nitrogens with zero attached hydrogens (tertiary/aromatic N) is 2. The minimum absolute atomic E-state index is 0.140. The molecule has 0 saturated carbocycles. The van der Waals surface area contributed by atoms with Crippen LogP contribution in [0.1, 0.15) is 19.4 Å². The Morgan fingerprint density at radius 2 is 2.24 bits per heavy atom. The molecule has 1 aliphatic rings. The van der Waals surface area contributed by atoms with Gasteiger partial charge in [0, 0.05) is 18.8 Å². The highest BCUT2D eigenvalue weighted by Crippen LogP contribution is 2.27. The quantitative estimate of drug-likeness (QED) is 0.769. The van der Waals surface area contributed by atoms with Gasteiger partial charge < -0.3 is 9.64 Å². The maximum Gasteiger partial charge on any atom is 0.101 e. The molecule has 0 amide bonds. The average molecular weight is 251 g/mol. The molecule has 1 heterocycles. The SMILES string of the molecule is CC1(C)CN(c2ccc(C#N)c(Cl)c2)CCO1. The van der Waals surface area contributed by atoms with Crippen LogP contribution in [0.15, 0.2) is 18.2 Å². The van der Waals surface area contributed by atoms with E-state index in [1.165, 1.54) is 0 Å². The van der Waals surface area contributed by atoms with Crippen LogP contribution in [-0.2, 0) is 4.74 Å². The van der Waals surface area contributed by atoms with Crippen LogP contribution in [0, 0.1) is 11.3 Å². The Balaban J connectivity index is 2.23. The second kappa shape index (κ2) is 4.56. The van der Waals surface area contributed by atoms with Crippen molar-refractivity contribution in [3.05, 3.63) is 28.8 Å². The summed E-state index contributed by atoms with van der Waals surface area (Å²) >= 11 is 6.04. The minimum atomic E-state index is -0.140. The third kappa shape index (κ3) is 2.71. The summed E-state index contributed by atoms with van der Waals surface area (Å²) in [7, 11) is 0. The van der Waals surface area contributed by atoms with Crippen LogP contribution in [-0.4, -0.2) is 25.3 Å². The van der Waals surface area contributed by atoms with Crippen LogP contribution in [0.2, 0.25) is 5.02 Å². The molecule has 0 radical (unpaired) electrons. The van der Waals surface area contributed by atoms with Crippen LogP contribution in [0.5, 0.6) is 0 Å². The van der Waals surface area contributed by atoms with Crippen LogP contribution in [0.4, 0.5) is 5.69 Å². The van der Waals surface area contributed by atoms with Crippen LogP contribution < -0.4 is 4.90 Å². The lowest BCUT2D eigenvalue weighted by molar-refractivity contribution is -0.0276. The average Bonchev–Trinajstić information content (AvgIpc) is 2.27. The van der Waals surface area contributed by atoms with Gasteiger partial charge in [0.15, 0.2) is 0 Å². The summed E-state index contributed by atoms with van der Waals surface area (Å²) in [4.78, 5) is 2.23. The van der Waals surface area contributed by atoms with Crippen molar-refractivity contribution in [3.8, 4) is 6.07 Å². The van der Waals surface area contributed by atoms with Crippen molar-refractivity contribution in [2.75, 3.05) is 24.6 Å². The van der Waals surface area contributed by atoms with E-state index in [9.17, 15) is 0 Å². The molecular weight excluding hydrogens is 236 g/mol. The highest BCUT2D eigenvalue weighted by Gasteiger charge is 2.27. The van der Waals surface area contributed by atoms with Gasteiger partial charge in [-0.05, 0) is 32.0 Å². The summed E-state index contributed by atoms with van der Waals surface area (Å²) < 4.78 is 5.67. The lowest BCUT2D eigenvalue weighted by atomic mass is 10.1. The number of hydrogen-bond donors (Lipinski definition) is 0. The van der Waals surface area contributed by atoms with Gasteiger partial charge in [0.1, 0.15) is 6.07 Å². The van der Waals surface area contributed by atoms with Gasteiger partial charge in [-0.15, -0.1) is 0 Å². The number of hydrogen-bond acceptors (Lipinski definition) is 3. The molecule has 90 valence electrons. The molecule has 1 aromatic rings. The highest BCUT2D eigenvalue weighted by atomic mass is 35.5. The van der Waals surface area contributed by atoms with E-state index < -0.39 is 0 Å². The normalized spacial score (nSPS) is 18.8. The molecular formula is C13H15ClN2O. The first-order valence-corrected chi connectivity index (χ1v) is 5.98. The van der Waals surface area contributed by atoms with Crippen molar-refractivity contribution in [2.24, 2.45) is 0 Å². The molecule has 0 aromatic heterocycles. The third-order valence-corrected chi connectivity index (χ3v) is 3.18. The maximum absolute atomic E-state index is 8.83. The Morgan fingerprint density at radius 3 is 2.82 bits per heavy atom. The maximum atomic E-state index is 8.83. The molecule has 4 heteroatoms. The number of rotatable bonds is 1. The van der Waals surface area contributed by atoms with Gasteiger partial charge in [-0.25, -0.2) is 0 Å². The molecule has 1 saturated heterocycles. The summed E-state index contributed by atoms with van der Waals surface area (Å²) in [5.41, 5.74) is 1.42.